The highest BCUT2D eigenvalue weighted by Crippen LogP contribution is 2.27. The highest BCUT2D eigenvalue weighted by atomic mass is 32.2. The van der Waals surface area contributed by atoms with Crippen LogP contribution >= 0.6 is 0 Å². The van der Waals surface area contributed by atoms with Gasteiger partial charge in [-0.25, -0.2) is 12.8 Å². The number of sulfone groups is 1. The molecule has 1 saturated heterocycles. The normalized spacial score (nSPS) is 22.1. The second-order valence-electron chi connectivity index (χ2n) is 4.61. The van der Waals surface area contributed by atoms with Gasteiger partial charge < -0.3 is 10.6 Å². The molecule has 1 fully saturated rings. The van der Waals surface area contributed by atoms with Crippen molar-refractivity contribution in [3.8, 4) is 0 Å². The van der Waals surface area contributed by atoms with Crippen molar-refractivity contribution in [2.24, 2.45) is 5.73 Å². The topological polar surface area (TPSA) is 63.4 Å². The molecule has 4 nitrogen and oxygen atoms in total. The second kappa shape index (κ2) is 4.85. The monoisotopic (exact) mass is 272 g/mol. The molecule has 0 amide bonds. The fourth-order valence-corrected chi connectivity index (χ4v) is 4.13. The summed E-state index contributed by atoms with van der Waals surface area (Å²) in [5.41, 5.74) is 6.67. The van der Waals surface area contributed by atoms with E-state index in [0.717, 1.165) is 0 Å². The van der Waals surface area contributed by atoms with Crippen molar-refractivity contribution in [3.05, 3.63) is 29.6 Å². The Bertz CT molecular complexity index is 545. The Morgan fingerprint density at radius 2 is 2.22 bits per heavy atom. The van der Waals surface area contributed by atoms with Gasteiger partial charge in [0.2, 0.25) is 0 Å². The molecule has 2 rings (SSSR count). The zero-order valence-corrected chi connectivity index (χ0v) is 11.1. The van der Waals surface area contributed by atoms with Crippen LogP contribution < -0.4 is 10.6 Å². The van der Waals surface area contributed by atoms with E-state index in [4.69, 9.17) is 5.73 Å². The Morgan fingerprint density at radius 1 is 1.50 bits per heavy atom. The first-order valence-electron chi connectivity index (χ1n) is 5.85. The van der Waals surface area contributed by atoms with Crippen LogP contribution in [-0.4, -0.2) is 33.0 Å². The molecule has 18 heavy (non-hydrogen) atoms. The Labute approximate surface area is 107 Å². The van der Waals surface area contributed by atoms with E-state index in [1.54, 1.807) is 19.2 Å². The zero-order valence-electron chi connectivity index (χ0n) is 10.3. The number of anilines is 1. The molecule has 1 heterocycles. The van der Waals surface area contributed by atoms with E-state index >= 15 is 0 Å². The lowest BCUT2D eigenvalue weighted by molar-refractivity contribution is 0.600. The van der Waals surface area contributed by atoms with Gasteiger partial charge in [-0.2, -0.15) is 0 Å². The summed E-state index contributed by atoms with van der Waals surface area (Å²) in [6.45, 7) is 0.103. The van der Waals surface area contributed by atoms with E-state index in [1.165, 1.54) is 6.07 Å². The molecular formula is C12H17FN2O2S. The summed E-state index contributed by atoms with van der Waals surface area (Å²) in [6, 6.07) is 4.66. The van der Waals surface area contributed by atoms with Gasteiger partial charge in [0, 0.05) is 30.9 Å². The fourth-order valence-electron chi connectivity index (χ4n) is 2.36. The maximum Gasteiger partial charge on any atom is 0.152 e. The molecule has 0 aliphatic carbocycles. The van der Waals surface area contributed by atoms with Crippen molar-refractivity contribution < 1.29 is 12.8 Å². The molecular weight excluding hydrogens is 255 g/mol. The first kappa shape index (κ1) is 13.3. The lowest BCUT2D eigenvalue weighted by Gasteiger charge is -2.27. The Morgan fingerprint density at radius 3 is 2.78 bits per heavy atom. The molecule has 1 aromatic carbocycles. The number of hydrogen-bond donors (Lipinski definition) is 1. The summed E-state index contributed by atoms with van der Waals surface area (Å²) in [5.74, 6) is -0.0121. The van der Waals surface area contributed by atoms with Gasteiger partial charge in [0.1, 0.15) is 5.82 Å². The third-order valence-electron chi connectivity index (χ3n) is 3.43. The third kappa shape index (κ3) is 2.49. The number of nitrogens with zero attached hydrogens (tertiary/aromatic N) is 1. The van der Waals surface area contributed by atoms with E-state index in [0.29, 0.717) is 17.7 Å². The smallest absolute Gasteiger partial charge is 0.152 e. The van der Waals surface area contributed by atoms with E-state index in [9.17, 15) is 12.8 Å². The number of benzene rings is 1. The van der Waals surface area contributed by atoms with Gasteiger partial charge in [-0.05, 0) is 18.6 Å². The summed E-state index contributed by atoms with van der Waals surface area (Å²) >= 11 is 0. The average Bonchev–Trinajstić information content (AvgIpc) is 2.68. The highest BCUT2D eigenvalue weighted by molar-refractivity contribution is 7.91. The average molecular weight is 272 g/mol. The van der Waals surface area contributed by atoms with Crippen LogP contribution in [0.3, 0.4) is 0 Å². The van der Waals surface area contributed by atoms with Gasteiger partial charge in [-0.3, -0.25) is 0 Å². The molecule has 1 aliphatic heterocycles. The van der Waals surface area contributed by atoms with Crippen molar-refractivity contribution in [3.63, 3.8) is 0 Å². The summed E-state index contributed by atoms with van der Waals surface area (Å²) in [7, 11) is -1.15. The highest BCUT2D eigenvalue weighted by Gasteiger charge is 2.31. The number of hydrogen-bond acceptors (Lipinski definition) is 4. The zero-order chi connectivity index (χ0) is 13.3. The molecule has 1 aliphatic rings. The molecule has 0 bridgehead atoms. The van der Waals surface area contributed by atoms with E-state index < -0.39 is 9.84 Å². The minimum atomic E-state index is -2.94. The van der Waals surface area contributed by atoms with Gasteiger partial charge in [-0.15, -0.1) is 0 Å². The van der Waals surface area contributed by atoms with Crippen LogP contribution in [-0.2, 0) is 16.4 Å². The van der Waals surface area contributed by atoms with Crippen molar-refractivity contribution in [2.45, 2.75) is 19.0 Å². The maximum atomic E-state index is 13.6. The number of rotatable bonds is 3. The molecule has 6 heteroatoms. The molecule has 1 aromatic rings. The fraction of sp³-hybridized carbons (Fsp3) is 0.500. The van der Waals surface area contributed by atoms with Gasteiger partial charge in [-0.1, -0.05) is 6.07 Å². The lowest BCUT2D eigenvalue weighted by atomic mass is 10.1. The minimum absolute atomic E-state index is 0.0953. The third-order valence-corrected chi connectivity index (χ3v) is 5.18. The molecule has 1 atom stereocenters. The SMILES string of the molecule is CN(c1cccc(F)c1CN)C1CCS(=O)(=O)C1. The molecule has 0 spiro atoms. The van der Waals surface area contributed by atoms with Crippen LogP contribution in [0.4, 0.5) is 10.1 Å². The van der Waals surface area contributed by atoms with Crippen LogP contribution in [0, 0.1) is 5.82 Å². The first-order chi connectivity index (χ1) is 8.44. The summed E-state index contributed by atoms with van der Waals surface area (Å²) < 4.78 is 36.6. The van der Waals surface area contributed by atoms with Crippen LogP contribution in [0.5, 0.6) is 0 Å². The second-order valence-corrected chi connectivity index (χ2v) is 6.84. The number of nitrogens with two attached hydrogens (primary N) is 1. The summed E-state index contributed by atoms with van der Waals surface area (Å²) in [4.78, 5) is 1.83. The van der Waals surface area contributed by atoms with Gasteiger partial charge in [0.25, 0.3) is 0 Å². The largest absolute Gasteiger partial charge is 0.370 e. The van der Waals surface area contributed by atoms with Gasteiger partial charge >= 0.3 is 0 Å². The van der Waals surface area contributed by atoms with Crippen LogP contribution in [0.2, 0.25) is 0 Å². The van der Waals surface area contributed by atoms with E-state index in [1.807, 2.05) is 4.90 Å². The Balaban J connectivity index is 2.29. The summed E-state index contributed by atoms with van der Waals surface area (Å²) in [6.07, 6.45) is 0.583. The molecule has 0 saturated carbocycles. The van der Waals surface area contributed by atoms with Crippen molar-refractivity contribution in [1.29, 1.82) is 0 Å². The lowest BCUT2D eigenvalue weighted by Crippen LogP contribution is -2.33. The van der Waals surface area contributed by atoms with Crippen LogP contribution in [0.25, 0.3) is 0 Å². The Kier molecular flexibility index (Phi) is 3.59. The van der Waals surface area contributed by atoms with Gasteiger partial charge in [0.05, 0.1) is 11.5 Å². The molecule has 0 aromatic heterocycles. The van der Waals surface area contributed by atoms with Crippen molar-refractivity contribution in [2.75, 3.05) is 23.5 Å². The van der Waals surface area contributed by atoms with E-state index in [-0.39, 0.29) is 29.9 Å². The number of halogens is 1. The van der Waals surface area contributed by atoms with Crippen molar-refractivity contribution >= 4 is 15.5 Å². The molecule has 100 valence electrons. The Hall–Kier alpha value is -1.14. The first-order valence-corrected chi connectivity index (χ1v) is 7.67. The predicted octanol–water partition coefficient (Wildman–Crippen LogP) is 0.908. The maximum absolute atomic E-state index is 13.6. The molecule has 2 N–H and O–H groups in total. The quantitative estimate of drug-likeness (QED) is 0.888. The summed E-state index contributed by atoms with van der Waals surface area (Å²) in [5, 5.41) is 0. The van der Waals surface area contributed by atoms with Crippen LogP contribution in [0.15, 0.2) is 18.2 Å². The molecule has 1 unspecified atom stereocenters. The predicted molar refractivity (Wildman–Crippen MR) is 69.8 cm³/mol. The van der Waals surface area contributed by atoms with E-state index in [2.05, 4.69) is 0 Å². The minimum Gasteiger partial charge on any atom is -0.370 e. The van der Waals surface area contributed by atoms with Crippen molar-refractivity contribution in [1.82, 2.24) is 0 Å². The van der Waals surface area contributed by atoms with Crippen LogP contribution in [0.1, 0.15) is 12.0 Å². The molecule has 0 radical (unpaired) electrons. The standard InChI is InChI=1S/C12H17FN2O2S/c1-15(9-5-6-18(16,17)8-9)12-4-2-3-11(13)10(12)7-14/h2-4,9H,5-8,14H2,1H3. The van der Waals surface area contributed by atoms with Gasteiger partial charge in [0.15, 0.2) is 9.84 Å².